The molecule has 0 spiro atoms. The van der Waals surface area contributed by atoms with E-state index in [-0.39, 0.29) is 11.5 Å². The van der Waals surface area contributed by atoms with Gasteiger partial charge in [-0.25, -0.2) is 0 Å². The maximum absolute atomic E-state index is 12.0. The molecule has 0 radical (unpaired) electrons. The Balaban J connectivity index is 2.21. The molecule has 0 unspecified atom stereocenters. The van der Waals surface area contributed by atoms with E-state index in [4.69, 9.17) is 0 Å². The van der Waals surface area contributed by atoms with Crippen molar-refractivity contribution < 1.29 is 9.72 Å². The van der Waals surface area contributed by atoms with Crippen molar-refractivity contribution in [1.82, 2.24) is 4.98 Å². The highest BCUT2D eigenvalue weighted by molar-refractivity contribution is 6.10. The number of ketones is 1. The second-order valence-electron chi connectivity index (χ2n) is 5.15. The van der Waals surface area contributed by atoms with Gasteiger partial charge in [-0.1, -0.05) is 42.5 Å². The van der Waals surface area contributed by atoms with Gasteiger partial charge in [-0.05, 0) is 12.5 Å². The van der Waals surface area contributed by atoms with Crippen LogP contribution in [-0.2, 0) is 6.42 Å². The Bertz CT molecular complexity index is 866. The normalized spacial score (nSPS) is 10.8. The van der Waals surface area contributed by atoms with E-state index >= 15 is 0 Å². The first-order valence-corrected chi connectivity index (χ1v) is 6.90. The fraction of sp³-hybridized carbons (Fsp3) is 0.118. The average Bonchev–Trinajstić information content (AvgIpc) is 2.85. The number of para-hydroxylation sites is 1. The molecule has 0 fully saturated rings. The minimum Gasteiger partial charge on any atom is -0.352 e. The van der Waals surface area contributed by atoms with Gasteiger partial charge in [0.25, 0.3) is 5.69 Å². The maximum atomic E-state index is 12.0. The molecular formula is C17H14N2O3. The molecule has 110 valence electrons. The number of nitrogens with one attached hydrogen (secondary N) is 1. The molecule has 0 aliphatic heterocycles. The summed E-state index contributed by atoms with van der Waals surface area (Å²) < 4.78 is 0. The van der Waals surface area contributed by atoms with Gasteiger partial charge in [0.1, 0.15) is 5.52 Å². The van der Waals surface area contributed by atoms with Gasteiger partial charge in [-0.2, -0.15) is 0 Å². The molecule has 1 heterocycles. The summed E-state index contributed by atoms with van der Waals surface area (Å²) in [4.78, 5) is 25.8. The molecule has 0 saturated heterocycles. The van der Waals surface area contributed by atoms with Crippen LogP contribution in [0.5, 0.6) is 0 Å². The summed E-state index contributed by atoms with van der Waals surface area (Å²) in [6.07, 6.45) is 0.529. The summed E-state index contributed by atoms with van der Waals surface area (Å²) >= 11 is 0. The van der Waals surface area contributed by atoms with E-state index in [0.717, 1.165) is 5.56 Å². The summed E-state index contributed by atoms with van der Waals surface area (Å²) in [5, 5.41) is 11.8. The zero-order chi connectivity index (χ0) is 15.7. The van der Waals surface area contributed by atoms with E-state index in [1.54, 1.807) is 12.1 Å². The fourth-order valence-corrected chi connectivity index (χ4v) is 2.74. The minimum absolute atomic E-state index is 0.0145. The zero-order valence-electron chi connectivity index (χ0n) is 12.0. The molecule has 2 aromatic carbocycles. The van der Waals surface area contributed by atoms with Gasteiger partial charge < -0.3 is 4.98 Å². The molecule has 5 heteroatoms. The lowest BCUT2D eigenvalue weighted by Crippen LogP contribution is -1.98. The average molecular weight is 294 g/mol. The third kappa shape index (κ3) is 2.37. The van der Waals surface area contributed by atoms with Gasteiger partial charge in [-0.15, -0.1) is 0 Å². The molecule has 0 saturated carbocycles. The van der Waals surface area contributed by atoms with Crippen LogP contribution in [0, 0.1) is 10.1 Å². The zero-order valence-corrected chi connectivity index (χ0v) is 12.0. The number of aromatic nitrogens is 1. The Morgan fingerprint density at radius 1 is 1.14 bits per heavy atom. The van der Waals surface area contributed by atoms with Gasteiger partial charge in [0.15, 0.2) is 5.78 Å². The van der Waals surface area contributed by atoms with Crippen molar-refractivity contribution in [3.05, 3.63) is 75.5 Å². The molecule has 3 rings (SSSR count). The molecule has 5 nitrogen and oxygen atoms in total. The van der Waals surface area contributed by atoms with Gasteiger partial charge in [0, 0.05) is 29.1 Å². The molecule has 1 aromatic heterocycles. The van der Waals surface area contributed by atoms with Crippen LogP contribution in [0.4, 0.5) is 5.69 Å². The number of H-pyrrole nitrogens is 1. The number of fused-ring (bicyclic) bond motifs is 1. The van der Waals surface area contributed by atoms with Crippen LogP contribution in [0.2, 0.25) is 0 Å². The molecule has 0 atom stereocenters. The Morgan fingerprint density at radius 2 is 1.86 bits per heavy atom. The number of hydrogen-bond acceptors (Lipinski definition) is 3. The Kier molecular flexibility index (Phi) is 3.47. The van der Waals surface area contributed by atoms with Crippen molar-refractivity contribution in [2.24, 2.45) is 0 Å². The number of hydrogen-bond donors (Lipinski definition) is 1. The van der Waals surface area contributed by atoms with Crippen LogP contribution < -0.4 is 0 Å². The van der Waals surface area contributed by atoms with Crippen LogP contribution in [-0.4, -0.2) is 15.7 Å². The smallest absolute Gasteiger partial charge is 0.293 e. The lowest BCUT2D eigenvalue weighted by atomic mass is 10.0. The maximum Gasteiger partial charge on any atom is 0.293 e. The lowest BCUT2D eigenvalue weighted by molar-refractivity contribution is -0.383. The van der Waals surface area contributed by atoms with Crippen molar-refractivity contribution in [2.45, 2.75) is 13.3 Å². The first kappa shape index (κ1) is 14.0. The number of nitro groups is 1. The van der Waals surface area contributed by atoms with Gasteiger partial charge in [-0.3, -0.25) is 14.9 Å². The quantitative estimate of drug-likeness (QED) is 0.451. The van der Waals surface area contributed by atoms with Gasteiger partial charge >= 0.3 is 0 Å². The largest absolute Gasteiger partial charge is 0.352 e. The van der Waals surface area contributed by atoms with E-state index in [2.05, 4.69) is 4.98 Å². The van der Waals surface area contributed by atoms with E-state index in [9.17, 15) is 14.9 Å². The summed E-state index contributed by atoms with van der Waals surface area (Å²) in [7, 11) is 0. The summed E-state index contributed by atoms with van der Waals surface area (Å²) in [5.74, 6) is -0.0994. The van der Waals surface area contributed by atoms with Crippen LogP contribution >= 0.6 is 0 Å². The van der Waals surface area contributed by atoms with Crippen LogP contribution in [0.3, 0.4) is 0 Å². The Hall–Kier alpha value is -2.95. The number of aromatic amines is 1. The molecule has 0 aliphatic carbocycles. The summed E-state index contributed by atoms with van der Waals surface area (Å²) in [5.41, 5.74) is 2.67. The number of benzene rings is 2. The Labute approximate surface area is 126 Å². The van der Waals surface area contributed by atoms with Crippen molar-refractivity contribution in [1.29, 1.82) is 0 Å². The fourth-order valence-electron chi connectivity index (χ4n) is 2.74. The highest BCUT2D eigenvalue weighted by Gasteiger charge is 2.21. The molecule has 3 aromatic rings. The molecular weight excluding hydrogens is 280 g/mol. The van der Waals surface area contributed by atoms with Gasteiger partial charge in [0.05, 0.1) is 4.92 Å². The monoisotopic (exact) mass is 294 g/mol. The highest BCUT2D eigenvalue weighted by Crippen LogP contribution is 2.31. The second kappa shape index (κ2) is 5.44. The SMILES string of the molecule is CC(=O)c1c(Cc2ccccc2)[nH]c2c([N+](=O)[O-])cccc12. The van der Waals surface area contributed by atoms with Crippen molar-refractivity contribution in [3.8, 4) is 0 Å². The number of carbonyl (C=O) groups excluding carboxylic acids is 1. The van der Waals surface area contributed by atoms with Crippen LogP contribution in [0.25, 0.3) is 10.9 Å². The number of nitro benzene ring substituents is 1. The van der Waals surface area contributed by atoms with E-state index in [0.29, 0.717) is 28.6 Å². The first-order valence-electron chi connectivity index (χ1n) is 6.90. The van der Waals surface area contributed by atoms with Crippen molar-refractivity contribution in [3.63, 3.8) is 0 Å². The number of Topliss-reactive ketones (excluding diaryl/α,β-unsaturated/α-hetero) is 1. The third-order valence-corrected chi connectivity index (χ3v) is 3.66. The van der Waals surface area contributed by atoms with Crippen molar-refractivity contribution in [2.75, 3.05) is 0 Å². The number of non-ortho nitro benzene ring substituents is 1. The lowest BCUT2D eigenvalue weighted by Gasteiger charge is -2.02. The minimum atomic E-state index is -0.435. The standard InChI is InChI=1S/C17H14N2O3/c1-11(20)16-13-8-5-9-15(19(21)22)17(13)18-14(16)10-12-6-3-2-4-7-12/h2-9,18H,10H2,1H3. The molecule has 0 bridgehead atoms. The summed E-state index contributed by atoms with van der Waals surface area (Å²) in [6.45, 7) is 1.48. The molecule has 0 aliphatic rings. The third-order valence-electron chi connectivity index (χ3n) is 3.66. The molecule has 1 N–H and O–H groups in total. The number of carbonyl (C=O) groups is 1. The predicted octanol–water partition coefficient (Wildman–Crippen LogP) is 3.87. The number of nitrogens with zero attached hydrogens (tertiary/aromatic N) is 1. The van der Waals surface area contributed by atoms with E-state index in [1.807, 2.05) is 30.3 Å². The number of rotatable bonds is 4. The Morgan fingerprint density at radius 3 is 2.50 bits per heavy atom. The first-order chi connectivity index (χ1) is 10.6. The second-order valence-corrected chi connectivity index (χ2v) is 5.15. The van der Waals surface area contributed by atoms with E-state index in [1.165, 1.54) is 13.0 Å². The van der Waals surface area contributed by atoms with Crippen LogP contribution in [0.15, 0.2) is 48.5 Å². The van der Waals surface area contributed by atoms with Crippen molar-refractivity contribution >= 4 is 22.4 Å². The topological polar surface area (TPSA) is 76.0 Å². The van der Waals surface area contributed by atoms with E-state index < -0.39 is 4.92 Å². The molecule has 22 heavy (non-hydrogen) atoms. The predicted molar refractivity (Wildman–Crippen MR) is 84.2 cm³/mol. The molecule has 0 amide bonds. The van der Waals surface area contributed by atoms with Crippen LogP contribution in [0.1, 0.15) is 28.5 Å². The summed E-state index contributed by atoms with van der Waals surface area (Å²) in [6, 6.07) is 14.5. The van der Waals surface area contributed by atoms with Gasteiger partial charge in [0.2, 0.25) is 0 Å². The highest BCUT2D eigenvalue weighted by atomic mass is 16.6.